The highest BCUT2D eigenvalue weighted by Gasteiger charge is 2.50. The molecule has 0 spiro atoms. The third-order valence-corrected chi connectivity index (χ3v) is 5.47. The number of carboxylic acid groups (broad SMARTS) is 1. The fraction of sp³-hybridized carbons (Fsp3) is 0.556. The predicted octanol–water partition coefficient (Wildman–Crippen LogP) is 2.70. The molecule has 2 aliphatic heterocycles. The van der Waals surface area contributed by atoms with Gasteiger partial charge < -0.3 is 9.84 Å². The summed E-state index contributed by atoms with van der Waals surface area (Å²) in [5.41, 5.74) is 0.432. The first-order chi connectivity index (χ1) is 11.0. The average molecular weight is 317 g/mol. The monoisotopic (exact) mass is 317 g/mol. The second kappa shape index (κ2) is 6.32. The van der Waals surface area contributed by atoms with Gasteiger partial charge in [0.2, 0.25) is 0 Å². The van der Waals surface area contributed by atoms with Crippen molar-refractivity contribution in [3.05, 3.63) is 35.9 Å². The molecule has 1 unspecified atom stereocenters. The van der Waals surface area contributed by atoms with Gasteiger partial charge in [-0.15, -0.1) is 0 Å². The summed E-state index contributed by atoms with van der Waals surface area (Å²) in [6.07, 6.45) is 4.26. The summed E-state index contributed by atoms with van der Waals surface area (Å²) in [5, 5.41) is 9.01. The number of esters is 1. The van der Waals surface area contributed by atoms with Gasteiger partial charge in [-0.1, -0.05) is 18.2 Å². The van der Waals surface area contributed by atoms with Gasteiger partial charge in [0.15, 0.2) is 0 Å². The number of nitrogens with zero attached hydrogens (tertiary/aromatic N) is 1. The van der Waals surface area contributed by atoms with Gasteiger partial charge in [-0.3, -0.25) is 9.69 Å². The lowest BCUT2D eigenvalue weighted by molar-refractivity contribution is -0.138. The van der Waals surface area contributed by atoms with Crippen molar-refractivity contribution in [2.24, 2.45) is 0 Å². The van der Waals surface area contributed by atoms with Crippen LogP contribution in [0.1, 0.15) is 48.9 Å². The summed E-state index contributed by atoms with van der Waals surface area (Å²) in [5.74, 6) is -1.05. The quantitative estimate of drug-likeness (QED) is 0.846. The van der Waals surface area contributed by atoms with E-state index < -0.39 is 5.97 Å². The zero-order chi connectivity index (χ0) is 16.4. The minimum atomic E-state index is -0.764. The third-order valence-electron chi connectivity index (χ3n) is 5.47. The molecule has 0 aromatic heterocycles. The maximum Gasteiger partial charge on any atom is 0.338 e. The molecule has 2 heterocycles. The lowest BCUT2D eigenvalue weighted by Crippen LogP contribution is -2.53. The number of carboxylic acids is 1. The van der Waals surface area contributed by atoms with Crippen LogP contribution in [0.25, 0.3) is 0 Å². The Morgan fingerprint density at radius 1 is 1.35 bits per heavy atom. The minimum absolute atomic E-state index is 0.125. The highest BCUT2D eigenvalue weighted by molar-refractivity contribution is 5.89. The van der Waals surface area contributed by atoms with Crippen molar-refractivity contribution < 1.29 is 19.4 Å². The van der Waals surface area contributed by atoms with Crippen molar-refractivity contribution in [2.45, 2.75) is 56.2 Å². The molecule has 2 saturated heterocycles. The molecule has 0 amide bonds. The number of rotatable bonds is 5. The Labute approximate surface area is 136 Å². The molecule has 1 aromatic rings. The molecule has 2 aliphatic rings. The van der Waals surface area contributed by atoms with Crippen LogP contribution in [-0.4, -0.2) is 46.7 Å². The maximum atomic E-state index is 12.3. The molecular formula is C18H23NO4. The molecule has 1 aromatic carbocycles. The van der Waals surface area contributed by atoms with E-state index in [0.29, 0.717) is 18.0 Å². The number of fused-ring (bicyclic) bond motifs is 2. The number of piperidine rings is 1. The molecule has 124 valence electrons. The van der Waals surface area contributed by atoms with E-state index in [1.165, 1.54) is 0 Å². The Morgan fingerprint density at radius 3 is 2.78 bits per heavy atom. The highest BCUT2D eigenvalue weighted by Crippen LogP contribution is 2.46. The zero-order valence-electron chi connectivity index (χ0n) is 13.4. The third kappa shape index (κ3) is 3.24. The van der Waals surface area contributed by atoms with Crippen LogP contribution < -0.4 is 0 Å². The zero-order valence-corrected chi connectivity index (χ0v) is 13.4. The van der Waals surface area contributed by atoms with Crippen LogP contribution in [0.4, 0.5) is 0 Å². The van der Waals surface area contributed by atoms with Crippen LogP contribution in [0, 0.1) is 0 Å². The molecule has 0 radical (unpaired) electrons. The van der Waals surface area contributed by atoms with E-state index in [0.717, 1.165) is 25.7 Å². The number of hydrogen-bond acceptors (Lipinski definition) is 4. The van der Waals surface area contributed by atoms with E-state index in [1.54, 1.807) is 12.1 Å². The maximum absolute atomic E-state index is 12.3. The van der Waals surface area contributed by atoms with Crippen molar-refractivity contribution in [3.8, 4) is 0 Å². The predicted molar refractivity (Wildman–Crippen MR) is 85.3 cm³/mol. The highest BCUT2D eigenvalue weighted by atomic mass is 16.5. The number of aliphatic carboxylic acids is 1. The number of hydrogen-bond donors (Lipinski definition) is 1. The van der Waals surface area contributed by atoms with Crippen LogP contribution >= 0.6 is 0 Å². The Kier molecular flexibility index (Phi) is 4.39. The molecule has 3 rings (SSSR count). The Morgan fingerprint density at radius 2 is 2.09 bits per heavy atom. The molecule has 0 aliphatic carbocycles. The summed E-state index contributed by atoms with van der Waals surface area (Å²) in [6, 6.07) is 9.41. The van der Waals surface area contributed by atoms with E-state index >= 15 is 0 Å². The molecule has 23 heavy (non-hydrogen) atoms. The van der Waals surface area contributed by atoms with Crippen LogP contribution in [0.15, 0.2) is 30.3 Å². The molecule has 1 N–H and O–H groups in total. The molecule has 5 heteroatoms. The fourth-order valence-electron chi connectivity index (χ4n) is 4.15. The Bertz CT molecular complexity index is 588. The van der Waals surface area contributed by atoms with Gasteiger partial charge in [0.1, 0.15) is 6.10 Å². The first-order valence-electron chi connectivity index (χ1n) is 8.21. The smallest absolute Gasteiger partial charge is 0.338 e. The Hall–Kier alpha value is -1.88. The molecule has 3 atom stereocenters. The summed E-state index contributed by atoms with van der Waals surface area (Å²) < 4.78 is 5.73. The second-order valence-corrected chi connectivity index (χ2v) is 6.75. The van der Waals surface area contributed by atoms with Crippen LogP contribution in [0.3, 0.4) is 0 Å². The van der Waals surface area contributed by atoms with Gasteiger partial charge in [0.05, 0.1) is 5.56 Å². The van der Waals surface area contributed by atoms with Gasteiger partial charge in [0.25, 0.3) is 0 Å². The van der Waals surface area contributed by atoms with Gasteiger partial charge >= 0.3 is 11.9 Å². The van der Waals surface area contributed by atoms with Crippen LogP contribution in [0.5, 0.6) is 0 Å². The first kappa shape index (κ1) is 16.0. The van der Waals surface area contributed by atoms with Crippen LogP contribution in [-0.2, 0) is 9.53 Å². The van der Waals surface area contributed by atoms with E-state index in [-0.39, 0.29) is 24.0 Å². The first-order valence-corrected chi connectivity index (χ1v) is 8.21. The average Bonchev–Trinajstić information content (AvgIpc) is 2.73. The normalized spacial score (nSPS) is 30.1. The van der Waals surface area contributed by atoms with E-state index in [2.05, 4.69) is 11.9 Å². The summed E-state index contributed by atoms with van der Waals surface area (Å²) >= 11 is 0. The van der Waals surface area contributed by atoms with Crippen LogP contribution in [0.2, 0.25) is 0 Å². The van der Waals surface area contributed by atoms with Crippen molar-refractivity contribution in [3.63, 3.8) is 0 Å². The van der Waals surface area contributed by atoms with Gasteiger partial charge in [-0.05, 0) is 38.4 Å². The molecular weight excluding hydrogens is 294 g/mol. The lowest BCUT2D eigenvalue weighted by atomic mass is 9.83. The van der Waals surface area contributed by atoms with Gasteiger partial charge in [0, 0.05) is 30.8 Å². The topological polar surface area (TPSA) is 66.8 Å². The second-order valence-electron chi connectivity index (χ2n) is 6.75. The van der Waals surface area contributed by atoms with Crippen molar-refractivity contribution in [1.82, 2.24) is 4.90 Å². The van der Waals surface area contributed by atoms with Crippen molar-refractivity contribution >= 4 is 11.9 Å². The van der Waals surface area contributed by atoms with E-state index in [9.17, 15) is 9.59 Å². The molecule has 2 bridgehead atoms. The largest absolute Gasteiger partial charge is 0.481 e. The fourth-order valence-corrected chi connectivity index (χ4v) is 4.15. The number of benzene rings is 1. The SMILES string of the molecule is CN1[C@H]2CC[C@]1(CCC(=O)O)CC(OC(=O)c1ccccc1)C2. The molecule has 2 fully saturated rings. The number of ether oxygens (including phenoxy) is 1. The van der Waals surface area contributed by atoms with E-state index in [1.807, 2.05) is 18.2 Å². The number of carbonyl (C=O) groups excluding carboxylic acids is 1. The standard InChI is InChI=1S/C18H23NO4/c1-19-14-7-9-18(19,10-8-16(20)21)12-15(11-14)23-17(22)13-5-3-2-4-6-13/h2-6,14-15H,7-12H2,1H3,(H,20,21)/t14-,15?,18-/m0/s1. The Balaban J connectivity index is 1.68. The lowest BCUT2D eigenvalue weighted by Gasteiger charge is -2.45. The van der Waals surface area contributed by atoms with Crippen molar-refractivity contribution in [1.29, 1.82) is 0 Å². The van der Waals surface area contributed by atoms with Crippen molar-refractivity contribution in [2.75, 3.05) is 7.05 Å². The number of carbonyl (C=O) groups is 2. The van der Waals surface area contributed by atoms with E-state index in [4.69, 9.17) is 9.84 Å². The summed E-state index contributed by atoms with van der Waals surface area (Å²) in [4.78, 5) is 25.6. The van der Waals surface area contributed by atoms with Gasteiger partial charge in [-0.25, -0.2) is 4.79 Å². The molecule has 0 saturated carbocycles. The summed E-state index contributed by atoms with van der Waals surface area (Å²) in [7, 11) is 2.08. The minimum Gasteiger partial charge on any atom is -0.481 e. The van der Waals surface area contributed by atoms with Gasteiger partial charge in [-0.2, -0.15) is 0 Å². The summed E-state index contributed by atoms with van der Waals surface area (Å²) in [6.45, 7) is 0. The molecule has 5 nitrogen and oxygen atoms in total.